The molecule has 0 fully saturated rings. The molecule has 20 heavy (non-hydrogen) atoms. The van der Waals surface area contributed by atoms with Crippen molar-refractivity contribution in [3.63, 3.8) is 0 Å². The second kappa shape index (κ2) is 7.17. The quantitative estimate of drug-likeness (QED) is 0.881. The van der Waals surface area contributed by atoms with Crippen molar-refractivity contribution in [3.8, 4) is 11.5 Å². The SMILES string of the molecule is COc1ccc(CNCc2cccc(Cl)c2)c(OC)c1. The largest absolute Gasteiger partial charge is 0.497 e. The highest BCUT2D eigenvalue weighted by atomic mass is 35.5. The predicted molar refractivity (Wildman–Crippen MR) is 81.5 cm³/mol. The van der Waals surface area contributed by atoms with Gasteiger partial charge in [0.2, 0.25) is 0 Å². The first kappa shape index (κ1) is 14.7. The normalized spacial score (nSPS) is 10.3. The molecule has 3 nitrogen and oxygen atoms in total. The zero-order chi connectivity index (χ0) is 14.4. The summed E-state index contributed by atoms with van der Waals surface area (Å²) < 4.78 is 10.6. The van der Waals surface area contributed by atoms with Crippen LogP contribution >= 0.6 is 11.6 Å². The minimum Gasteiger partial charge on any atom is -0.497 e. The van der Waals surface area contributed by atoms with Crippen LogP contribution in [0.1, 0.15) is 11.1 Å². The summed E-state index contributed by atoms with van der Waals surface area (Å²) >= 11 is 5.96. The fraction of sp³-hybridized carbons (Fsp3) is 0.250. The fourth-order valence-electron chi connectivity index (χ4n) is 1.99. The van der Waals surface area contributed by atoms with E-state index in [2.05, 4.69) is 5.32 Å². The molecule has 0 saturated heterocycles. The number of benzene rings is 2. The van der Waals surface area contributed by atoms with Crippen LogP contribution in [0, 0.1) is 0 Å². The molecule has 0 aliphatic rings. The van der Waals surface area contributed by atoms with Crippen molar-refractivity contribution in [1.82, 2.24) is 5.32 Å². The Bertz CT molecular complexity index is 572. The van der Waals surface area contributed by atoms with Crippen LogP contribution in [0.5, 0.6) is 11.5 Å². The lowest BCUT2D eigenvalue weighted by Gasteiger charge is -2.11. The Labute approximate surface area is 124 Å². The molecule has 1 N–H and O–H groups in total. The van der Waals surface area contributed by atoms with E-state index >= 15 is 0 Å². The topological polar surface area (TPSA) is 30.5 Å². The average molecular weight is 292 g/mol. The number of nitrogens with one attached hydrogen (secondary N) is 1. The highest BCUT2D eigenvalue weighted by molar-refractivity contribution is 6.30. The Morgan fingerprint density at radius 1 is 1.00 bits per heavy atom. The molecule has 0 bridgehead atoms. The van der Waals surface area contributed by atoms with E-state index in [1.165, 1.54) is 0 Å². The van der Waals surface area contributed by atoms with Crippen LogP contribution in [0.2, 0.25) is 5.02 Å². The van der Waals surface area contributed by atoms with Crippen molar-refractivity contribution in [2.24, 2.45) is 0 Å². The number of rotatable bonds is 6. The van der Waals surface area contributed by atoms with Crippen LogP contribution in [-0.2, 0) is 13.1 Å². The summed E-state index contributed by atoms with van der Waals surface area (Å²) in [7, 11) is 3.31. The summed E-state index contributed by atoms with van der Waals surface area (Å²) in [6.07, 6.45) is 0. The van der Waals surface area contributed by atoms with Crippen molar-refractivity contribution in [2.75, 3.05) is 14.2 Å². The van der Waals surface area contributed by atoms with Gasteiger partial charge in [-0.25, -0.2) is 0 Å². The van der Waals surface area contributed by atoms with E-state index in [-0.39, 0.29) is 0 Å². The minimum atomic E-state index is 0.722. The van der Waals surface area contributed by atoms with E-state index in [0.717, 1.165) is 40.7 Å². The number of methoxy groups -OCH3 is 2. The summed E-state index contributed by atoms with van der Waals surface area (Å²) in [4.78, 5) is 0. The lowest BCUT2D eigenvalue weighted by Crippen LogP contribution is -2.13. The lowest BCUT2D eigenvalue weighted by molar-refractivity contribution is 0.390. The first-order chi connectivity index (χ1) is 9.72. The molecule has 106 valence electrons. The minimum absolute atomic E-state index is 0.722. The number of halogens is 1. The number of hydrogen-bond donors (Lipinski definition) is 1. The van der Waals surface area contributed by atoms with Crippen molar-refractivity contribution < 1.29 is 9.47 Å². The molecule has 2 aromatic rings. The van der Waals surface area contributed by atoms with Gasteiger partial charge in [-0.3, -0.25) is 0 Å². The molecule has 0 saturated carbocycles. The van der Waals surface area contributed by atoms with Crippen LogP contribution in [0.3, 0.4) is 0 Å². The predicted octanol–water partition coefficient (Wildman–Crippen LogP) is 3.65. The van der Waals surface area contributed by atoms with Crippen LogP contribution in [0.15, 0.2) is 42.5 Å². The summed E-state index contributed by atoms with van der Waals surface area (Å²) in [5.74, 6) is 1.61. The molecule has 0 aliphatic heterocycles. The molecule has 0 amide bonds. The molecular weight excluding hydrogens is 274 g/mol. The fourth-order valence-corrected chi connectivity index (χ4v) is 2.20. The van der Waals surface area contributed by atoms with Crippen molar-refractivity contribution in [2.45, 2.75) is 13.1 Å². The third kappa shape index (κ3) is 3.89. The Morgan fingerprint density at radius 2 is 1.85 bits per heavy atom. The van der Waals surface area contributed by atoms with E-state index in [1.54, 1.807) is 14.2 Å². The van der Waals surface area contributed by atoms with Gasteiger partial charge in [-0.2, -0.15) is 0 Å². The van der Waals surface area contributed by atoms with Gasteiger partial charge in [-0.15, -0.1) is 0 Å². The number of ether oxygens (including phenoxy) is 2. The molecule has 0 aromatic heterocycles. The average Bonchev–Trinajstić information content (AvgIpc) is 2.47. The van der Waals surface area contributed by atoms with Crippen molar-refractivity contribution >= 4 is 11.6 Å². The maximum absolute atomic E-state index is 5.96. The van der Waals surface area contributed by atoms with Gasteiger partial charge in [0.1, 0.15) is 11.5 Å². The summed E-state index contributed by atoms with van der Waals surface area (Å²) in [6.45, 7) is 1.48. The van der Waals surface area contributed by atoms with Gasteiger partial charge in [0.25, 0.3) is 0 Å². The van der Waals surface area contributed by atoms with Crippen molar-refractivity contribution in [3.05, 3.63) is 58.6 Å². The van der Waals surface area contributed by atoms with Gasteiger partial charge in [0.05, 0.1) is 14.2 Å². The summed E-state index contributed by atoms with van der Waals surface area (Å²) in [5, 5.41) is 4.13. The van der Waals surface area contributed by atoms with Gasteiger partial charge in [-0.05, 0) is 23.8 Å². The maximum Gasteiger partial charge on any atom is 0.127 e. The second-order valence-electron chi connectivity index (χ2n) is 4.41. The monoisotopic (exact) mass is 291 g/mol. The smallest absolute Gasteiger partial charge is 0.127 e. The van der Waals surface area contributed by atoms with Crippen LogP contribution < -0.4 is 14.8 Å². The Kier molecular flexibility index (Phi) is 5.27. The highest BCUT2D eigenvalue weighted by Crippen LogP contribution is 2.24. The van der Waals surface area contributed by atoms with E-state index < -0.39 is 0 Å². The zero-order valence-electron chi connectivity index (χ0n) is 11.7. The van der Waals surface area contributed by atoms with Crippen LogP contribution in [0.25, 0.3) is 0 Å². The second-order valence-corrected chi connectivity index (χ2v) is 4.85. The van der Waals surface area contributed by atoms with E-state index in [0.29, 0.717) is 0 Å². The summed E-state index contributed by atoms with van der Waals surface area (Å²) in [6, 6.07) is 13.6. The molecule has 0 radical (unpaired) electrons. The van der Waals surface area contributed by atoms with Gasteiger partial charge < -0.3 is 14.8 Å². The molecule has 2 rings (SSSR count). The highest BCUT2D eigenvalue weighted by Gasteiger charge is 2.04. The summed E-state index contributed by atoms with van der Waals surface area (Å²) in [5.41, 5.74) is 2.25. The Balaban J connectivity index is 1.97. The Hall–Kier alpha value is -1.71. The zero-order valence-corrected chi connectivity index (χ0v) is 12.4. The molecule has 4 heteroatoms. The van der Waals surface area contributed by atoms with E-state index in [1.807, 2.05) is 42.5 Å². The molecule has 0 atom stereocenters. The first-order valence-corrected chi connectivity index (χ1v) is 6.77. The molecule has 0 spiro atoms. The molecule has 0 unspecified atom stereocenters. The number of hydrogen-bond acceptors (Lipinski definition) is 3. The van der Waals surface area contributed by atoms with Crippen LogP contribution in [-0.4, -0.2) is 14.2 Å². The van der Waals surface area contributed by atoms with Gasteiger partial charge >= 0.3 is 0 Å². The molecule has 0 heterocycles. The Morgan fingerprint density at radius 3 is 2.55 bits per heavy atom. The lowest BCUT2D eigenvalue weighted by atomic mass is 10.1. The van der Waals surface area contributed by atoms with Gasteiger partial charge in [-0.1, -0.05) is 29.8 Å². The maximum atomic E-state index is 5.96. The van der Waals surface area contributed by atoms with Crippen LogP contribution in [0.4, 0.5) is 0 Å². The third-order valence-electron chi connectivity index (χ3n) is 3.03. The van der Waals surface area contributed by atoms with Gasteiger partial charge in [0, 0.05) is 29.7 Å². The molecular formula is C16H18ClNO2. The van der Waals surface area contributed by atoms with Crippen molar-refractivity contribution in [1.29, 1.82) is 0 Å². The van der Waals surface area contributed by atoms with Gasteiger partial charge in [0.15, 0.2) is 0 Å². The van der Waals surface area contributed by atoms with E-state index in [4.69, 9.17) is 21.1 Å². The molecule has 0 aliphatic carbocycles. The first-order valence-electron chi connectivity index (χ1n) is 6.39. The third-order valence-corrected chi connectivity index (χ3v) is 3.26. The van der Waals surface area contributed by atoms with E-state index in [9.17, 15) is 0 Å². The molecule has 2 aromatic carbocycles. The standard InChI is InChI=1S/C16H18ClNO2/c1-19-15-7-6-13(16(9-15)20-2)11-18-10-12-4-3-5-14(17)8-12/h3-9,18H,10-11H2,1-2H3.